The first-order chi connectivity index (χ1) is 8.17. The van der Waals surface area contributed by atoms with E-state index in [4.69, 9.17) is 0 Å². The molecule has 6 heteroatoms. The molecule has 2 N–H and O–H groups in total. The minimum Gasteiger partial charge on any atom is -0.365 e. The molecule has 0 amide bonds. The summed E-state index contributed by atoms with van der Waals surface area (Å²) >= 11 is 1.88. The molecule has 96 valence electrons. The van der Waals surface area contributed by atoms with Gasteiger partial charge in [-0.1, -0.05) is 6.92 Å². The normalized spacial score (nSPS) is 12.2. The standard InChI is InChI=1S/C11H19FN4S/c1-4-17-6-5-8(2)15-10-9(12)7-14-11(13-3)16-10/h7-8H,4-6H2,1-3H3,(H2,13,14,15,16). The number of hydrogen-bond donors (Lipinski definition) is 2. The summed E-state index contributed by atoms with van der Waals surface area (Å²) in [4.78, 5) is 7.84. The Morgan fingerprint density at radius 2 is 2.29 bits per heavy atom. The average molecular weight is 258 g/mol. The minimum absolute atomic E-state index is 0.197. The predicted molar refractivity (Wildman–Crippen MR) is 72.2 cm³/mol. The molecule has 1 aromatic heterocycles. The predicted octanol–water partition coefficient (Wildman–Crippen LogP) is 2.60. The fourth-order valence-corrected chi connectivity index (χ4v) is 2.11. The van der Waals surface area contributed by atoms with Gasteiger partial charge in [-0.25, -0.2) is 9.37 Å². The van der Waals surface area contributed by atoms with Crippen LogP contribution in [-0.2, 0) is 0 Å². The Hall–Kier alpha value is -1.04. The maximum atomic E-state index is 13.4. The Morgan fingerprint density at radius 3 is 2.94 bits per heavy atom. The Labute approximate surface area is 106 Å². The van der Waals surface area contributed by atoms with Crippen molar-refractivity contribution in [2.45, 2.75) is 26.3 Å². The van der Waals surface area contributed by atoms with Crippen LogP contribution < -0.4 is 10.6 Å². The van der Waals surface area contributed by atoms with Crippen molar-refractivity contribution >= 4 is 23.5 Å². The van der Waals surface area contributed by atoms with Crippen LogP contribution in [0.2, 0.25) is 0 Å². The van der Waals surface area contributed by atoms with Crippen LogP contribution in [0.25, 0.3) is 0 Å². The van der Waals surface area contributed by atoms with Crippen molar-refractivity contribution in [3.05, 3.63) is 12.0 Å². The molecule has 1 heterocycles. The van der Waals surface area contributed by atoms with Crippen molar-refractivity contribution in [2.75, 3.05) is 29.2 Å². The molecule has 1 rings (SSSR count). The maximum Gasteiger partial charge on any atom is 0.224 e. The smallest absolute Gasteiger partial charge is 0.224 e. The summed E-state index contributed by atoms with van der Waals surface area (Å²) in [6.45, 7) is 4.16. The number of halogens is 1. The van der Waals surface area contributed by atoms with Crippen LogP contribution in [0.1, 0.15) is 20.3 Å². The molecule has 0 fully saturated rings. The van der Waals surface area contributed by atoms with Gasteiger partial charge in [0.1, 0.15) is 0 Å². The number of nitrogens with zero attached hydrogens (tertiary/aromatic N) is 2. The monoisotopic (exact) mass is 258 g/mol. The summed E-state index contributed by atoms with van der Waals surface area (Å²) in [7, 11) is 1.71. The lowest BCUT2D eigenvalue weighted by Crippen LogP contribution is -2.18. The topological polar surface area (TPSA) is 49.8 Å². The largest absolute Gasteiger partial charge is 0.365 e. The molecule has 1 aromatic rings. The summed E-state index contributed by atoms with van der Waals surface area (Å²) in [5, 5.41) is 5.85. The fraction of sp³-hybridized carbons (Fsp3) is 0.636. The van der Waals surface area contributed by atoms with Crippen LogP contribution in [0.4, 0.5) is 16.2 Å². The number of nitrogens with one attached hydrogen (secondary N) is 2. The third kappa shape index (κ3) is 4.77. The van der Waals surface area contributed by atoms with Gasteiger partial charge in [0, 0.05) is 13.1 Å². The van der Waals surface area contributed by atoms with Crippen LogP contribution in [0.15, 0.2) is 6.20 Å². The Morgan fingerprint density at radius 1 is 1.53 bits per heavy atom. The van der Waals surface area contributed by atoms with Crippen molar-refractivity contribution in [3.8, 4) is 0 Å². The van der Waals surface area contributed by atoms with Gasteiger partial charge in [0.05, 0.1) is 6.20 Å². The first-order valence-electron chi connectivity index (χ1n) is 5.72. The zero-order valence-corrected chi connectivity index (χ0v) is 11.3. The lowest BCUT2D eigenvalue weighted by molar-refractivity contribution is 0.612. The highest BCUT2D eigenvalue weighted by Crippen LogP contribution is 2.14. The Bertz CT molecular complexity index is 348. The second kappa shape index (κ2) is 7.32. The molecule has 1 atom stereocenters. The van der Waals surface area contributed by atoms with Crippen molar-refractivity contribution in [3.63, 3.8) is 0 Å². The molecular formula is C11H19FN4S. The number of thioether (sulfide) groups is 1. The molecule has 0 aliphatic rings. The fourth-order valence-electron chi connectivity index (χ4n) is 1.30. The van der Waals surface area contributed by atoms with E-state index in [0.717, 1.165) is 17.9 Å². The van der Waals surface area contributed by atoms with Crippen LogP contribution in [-0.4, -0.2) is 34.6 Å². The minimum atomic E-state index is -0.418. The van der Waals surface area contributed by atoms with E-state index in [-0.39, 0.29) is 11.9 Å². The van der Waals surface area contributed by atoms with E-state index < -0.39 is 5.82 Å². The van der Waals surface area contributed by atoms with Crippen LogP contribution >= 0.6 is 11.8 Å². The Kier molecular flexibility index (Phi) is 6.04. The first-order valence-corrected chi connectivity index (χ1v) is 6.87. The number of rotatable bonds is 7. The maximum absolute atomic E-state index is 13.4. The molecule has 4 nitrogen and oxygen atoms in total. The lowest BCUT2D eigenvalue weighted by Gasteiger charge is -2.14. The van der Waals surface area contributed by atoms with Crippen molar-refractivity contribution in [2.24, 2.45) is 0 Å². The van der Waals surface area contributed by atoms with Crippen LogP contribution in [0.5, 0.6) is 0 Å². The van der Waals surface area contributed by atoms with E-state index in [2.05, 4.69) is 27.5 Å². The highest BCUT2D eigenvalue weighted by atomic mass is 32.2. The summed E-state index contributed by atoms with van der Waals surface area (Å²) in [6.07, 6.45) is 2.16. The summed E-state index contributed by atoms with van der Waals surface area (Å²) in [5.41, 5.74) is 0. The number of anilines is 2. The molecule has 0 saturated heterocycles. The molecule has 17 heavy (non-hydrogen) atoms. The van der Waals surface area contributed by atoms with Crippen LogP contribution in [0, 0.1) is 5.82 Å². The second-order valence-electron chi connectivity index (χ2n) is 3.67. The SMILES string of the molecule is CCSCCC(C)Nc1nc(NC)ncc1F. The van der Waals surface area contributed by atoms with Crippen LogP contribution in [0.3, 0.4) is 0 Å². The van der Waals surface area contributed by atoms with Gasteiger partial charge in [0.2, 0.25) is 5.95 Å². The average Bonchev–Trinajstić information content (AvgIpc) is 2.32. The summed E-state index contributed by atoms with van der Waals surface area (Å²) < 4.78 is 13.4. The van der Waals surface area contributed by atoms with Crippen molar-refractivity contribution < 1.29 is 4.39 Å². The van der Waals surface area contributed by atoms with E-state index in [0.29, 0.717) is 5.95 Å². The van der Waals surface area contributed by atoms with Gasteiger partial charge in [-0.05, 0) is 24.9 Å². The van der Waals surface area contributed by atoms with Gasteiger partial charge in [-0.15, -0.1) is 0 Å². The third-order valence-corrected chi connectivity index (χ3v) is 3.18. The van der Waals surface area contributed by atoms with E-state index in [9.17, 15) is 4.39 Å². The van der Waals surface area contributed by atoms with E-state index in [1.807, 2.05) is 18.7 Å². The molecule has 0 aromatic carbocycles. The van der Waals surface area contributed by atoms with Gasteiger partial charge < -0.3 is 10.6 Å². The molecule has 0 radical (unpaired) electrons. The van der Waals surface area contributed by atoms with Gasteiger partial charge in [0.15, 0.2) is 11.6 Å². The molecule has 0 aliphatic carbocycles. The molecule has 1 unspecified atom stereocenters. The van der Waals surface area contributed by atoms with E-state index in [1.54, 1.807) is 7.05 Å². The quantitative estimate of drug-likeness (QED) is 0.736. The van der Waals surface area contributed by atoms with Gasteiger partial charge >= 0.3 is 0 Å². The van der Waals surface area contributed by atoms with Gasteiger partial charge in [-0.3, -0.25) is 0 Å². The van der Waals surface area contributed by atoms with Crippen molar-refractivity contribution in [1.82, 2.24) is 9.97 Å². The highest BCUT2D eigenvalue weighted by Gasteiger charge is 2.09. The zero-order chi connectivity index (χ0) is 12.7. The van der Waals surface area contributed by atoms with Gasteiger partial charge in [-0.2, -0.15) is 16.7 Å². The molecule has 0 spiro atoms. The Balaban J connectivity index is 2.54. The molecular weight excluding hydrogens is 239 g/mol. The molecule has 0 saturated carbocycles. The second-order valence-corrected chi connectivity index (χ2v) is 5.06. The molecule has 0 aliphatic heterocycles. The summed E-state index contributed by atoms with van der Waals surface area (Å²) in [6, 6.07) is 0.197. The summed E-state index contributed by atoms with van der Waals surface area (Å²) in [5.74, 6) is 2.44. The third-order valence-electron chi connectivity index (χ3n) is 2.25. The zero-order valence-electron chi connectivity index (χ0n) is 10.5. The highest BCUT2D eigenvalue weighted by molar-refractivity contribution is 7.99. The van der Waals surface area contributed by atoms with E-state index >= 15 is 0 Å². The molecule has 0 bridgehead atoms. The van der Waals surface area contributed by atoms with Crippen molar-refractivity contribution in [1.29, 1.82) is 0 Å². The number of hydrogen-bond acceptors (Lipinski definition) is 5. The van der Waals surface area contributed by atoms with E-state index in [1.165, 1.54) is 6.20 Å². The lowest BCUT2D eigenvalue weighted by atomic mass is 10.2. The first kappa shape index (κ1) is 14.0. The number of aromatic nitrogens is 2. The van der Waals surface area contributed by atoms with Gasteiger partial charge in [0.25, 0.3) is 0 Å².